The molecule has 6 nitrogen and oxygen atoms in total. The molecule has 162 valence electrons. The molecule has 1 aliphatic carbocycles. The molecular weight excluding hydrogens is 479 g/mol. The number of phenolic OH excluding ortho intramolecular Hbond substituents is 1. The maximum atomic E-state index is 10.5. The van der Waals surface area contributed by atoms with Gasteiger partial charge in [-0.25, -0.2) is 4.99 Å². The van der Waals surface area contributed by atoms with Crippen molar-refractivity contribution in [3.8, 4) is 5.75 Å². The molecule has 2 saturated heterocycles. The Bertz CT molecular complexity index is 706. The van der Waals surface area contributed by atoms with E-state index in [9.17, 15) is 5.11 Å². The molecule has 7 heteroatoms. The highest BCUT2D eigenvalue weighted by atomic mass is 127. The Morgan fingerprint density at radius 2 is 2.00 bits per heavy atom. The van der Waals surface area contributed by atoms with Crippen LogP contribution in [0, 0.1) is 0 Å². The van der Waals surface area contributed by atoms with Crippen molar-refractivity contribution < 1.29 is 9.84 Å². The molecule has 2 aliphatic heterocycles. The first-order valence-electron chi connectivity index (χ1n) is 10.9. The first-order valence-corrected chi connectivity index (χ1v) is 10.9. The maximum Gasteiger partial charge on any atom is 0.194 e. The number of benzene rings is 1. The molecular formula is C22H35IN4O2. The number of aliphatic imine (C=N–C) groups is 1. The van der Waals surface area contributed by atoms with Crippen LogP contribution in [0.5, 0.6) is 5.75 Å². The van der Waals surface area contributed by atoms with Gasteiger partial charge in [-0.2, -0.15) is 0 Å². The van der Waals surface area contributed by atoms with E-state index < -0.39 is 0 Å². The van der Waals surface area contributed by atoms with Crippen molar-refractivity contribution in [2.45, 2.75) is 51.6 Å². The van der Waals surface area contributed by atoms with Gasteiger partial charge in [-0.3, -0.25) is 4.90 Å². The van der Waals surface area contributed by atoms with Crippen LogP contribution in [0.15, 0.2) is 17.1 Å². The third kappa shape index (κ3) is 5.35. The maximum absolute atomic E-state index is 10.5. The molecule has 1 aromatic carbocycles. The number of rotatable bonds is 4. The van der Waals surface area contributed by atoms with E-state index in [-0.39, 0.29) is 24.0 Å². The number of halogens is 1. The normalized spacial score (nSPS) is 22.9. The van der Waals surface area contributed by atoms with Crippen LogP contribution in [0.1, 0.15) is 42.9 Å². The fourth-order valence-electron chi connectivity index (χ4n) is 4.82. The number of ether oxygens (including phenoxy) is 1. The van der Waals surface area contributed by atoms with Crippen LogP contribution in [-0.2, 0) is 24.1 Å². The minimum atomic E-state index is 0. The number of morpholine rings is 1. The Morgan fingerprint density at radius 1 is 1.21 bits per heavy atom. The Balaban J connectivity index is 0.00000240. The van der Waals surface area contributed by atoms with Crippen molar-refractivity contribution in [2.75, 3.05) is 45.9 Å². The highest BCUT2D eigenvalue weighted by Crippen LogP contribution is 2.31. The van der Waals surface area contributed by atoms with Crippen LogP contribution in [-0.4, -0.2) is 72.8 Å². The average molecular weight is 514 g/mol. The van der Waals surface area contributed by atoms with Crippen molar-refractivity contribution >= 4 is 29.9 Å². The van der Waals surface area contributed by atoms with E-state index in [1.54, 1.807) is 0 Å². The third-order valence-corrected chi connectivity index (χ3v) is 6.37. The zero-order valence-corrected chi connectivity index (χ0v) is 19.9. The minimum absolute atomic E-state index is 0. The minimum Gasteiger partial charge on any atom is -0.508 e. The second-order valence-electron chi connectivity index (χ2n) is 8.12. The SMILES string of the molecule is CCNC(=NCc1c(O)ccc2c1CCCC2)N1CCC(N2CCOCC2)C1.I. The van der Waals surface area contributed by atoms with Crippen LogP contribution in [0.2, 0.25) is 0 Å². The van der Waals surface area contributed by atoms with Crippen LogP contribution in [0.4, 0.5) is 0 Å². The van der Waals surface area contributed by atoms with Gasteiger partial charge in [0.2, 0.25) is 0 Å². The van der Waals surface area contributed by atoms with Crippen LogP contribution in [0.3, 0.4) is 0 Å². The topological polar surface area (TPSA) is 60.3 Å². The summed E-state index contributed by atoms with van der Waals surface area (Å²) in [6.07, 6.45) is 5.82. The van der Waals surface area contributed by atoms with E-state index in [2.05, 4.69) is 28.1 Å². The number of likely N-dealkylation sites (tertiary alicyclic amines) is 1. The van der Waals surface area contributed by atoms with Gasteiger partial charge >= 0.3 is 0 Å². The Morgan fingerprint density at radius 3 is 2.79 bits per heavy atom. The standard InChI is InChI=1S/C22H34N4O2.HI/c1-2-23-22(26-10-9-18(16-26)25-11-13-28-14-12-25)24-15-20-19-6-4-3-5-17(19)7-8-21(20)27;/h7-8,18,27H,2-6,9-16H2,1H3,(H,23,24);1H. The smallest absolute Gasteiger partial charge is 0.194 e. The number of guanidine groups is 1. The zero-order chi connectivity index (χ0) is 19.3. The lowest BCUT2D eigenvalue weighted by Crippen LogP contribution is -2.46. The monoisotopic (exact) mass is 514 g/mol. The van der Waals surface area contributed by atoms with Gasteiger partial charge in [-0.15, -0.1) is 24.0 Å². The molecule has 0 aromatic heterocycles. The van der Waals surface area contributed by atoms with Gasteiger partial charge < -0.3 is 20.1 Å². The molecule has 3 aliphatic rings. The van der Waals surface area contributed by atoms with E-state index in [1.807, 2.05) is 6.07 Å². The number of aromatic hydroxyl groups is 1. The number of fused-ring (bicyclic) bond motifs is 1. The van der Waals surface area contributed by atoms with Gasteiger partial charge in [0.1, 0.15) is 5.75 Å². The summed E-state index contributed by atoms with van der Waals surface area (Å²) < 4.78 is 5.50. The summed E-state index contributed by atoms with van der Waals surface area (Å²) in [5, 5.41) is 13.9. The summed E-state index contributed by atoms with van der Waals surface area (Å²) >= 11 is 0. The van der Waals surface area contributed by atoms with Gasteiger partial charge in [-0.05, 0) is 56.2 Å². The molecule has 2 heterocycles. The van der Waals surface area contributed by atoms with Crippen molar-refractivity contribution in [3.05, 3.63) is 28.8 Å². The number of nitrogens with one attached hydrogen (secondary N) is 1. The molecule has 1 unspecified atom stereocenters. The molecule has 1 atom stereocenters. The fourth-order valence-corrected chi connectivity index (χ4v) is 4.82. The number of hydrogen-bond donors (Lipinski definition) is 2. The van der Waals surface area contributed by atoms with Gasteiger partial charge in [0.25, 0.3) is 0 Å². The second kappa shape index (κ2) is 10.8. The summed E-state index contributed by atoms with van der Waals surface area (Å²) in [6.45, 7) is 9.36. The van der Waals surface area contributed by atoms with Crippen LogP contribution in [0.25, 0.3) is 0 Å². The molecule has 0 radical (unpaired) electrons. The van der Waals surface area contributed by atoms with E-state index >= 15 is 0 Å². The molecule has 4 rings (SSSR count). The molecule has 0 spiro atoms. The van der Waals surface area contributed by atoms with E-state index in [1.165, 1.54) is 30.4 Å². The largest absolute Gasteiger partial charge is 0.508 e. The van der Waals surface area contributed by atoms with E-state index in [0.717, 1.165) is 70.3 Å². The lowest BCUT2D eigenvalue weighted by atomic mass is 9.88. The third-order valence-electron chi connectivity index (χ3n) is 6.37. The average Bonchev–Trinajstić information content (AvgIpc) is 3.23. The predicted molar refractivity (Wildman–Crippen MR) is 127 cm³/mol. The Labute approximate surface area is 191 Å². The van der Waals surface area contributed by atoms with Gasteiger partial charge in [0.05, 0.1) is 19.8 Å². The highest BCUT2D eigenvalue weighted by molar-refractivity contribution is 14.0. The van der Waals surface area contributed by atoms with Gasteiger partial charge in [0, 0.05) is 44.3 Å². The number of aryl methyl sites for hydroxylation is 1. The van der Waals surface area contributed by atoms with Crippen LogP contribution < -0.4 is 5.32 Å². The molecule has 0 saturated carbocycles. The van der Waals surface area contributed by atoms with Crippen molar-refractivity contribution in [1.82, 2.24) is 15.1 Å². The highest BCUT2D eigenvalue weighted by Gasteiger charge is 2.30. The van der Waals surface area contributed by atoms with Crippen molar-refractivity contribution in [3.63, 3.8) is 0 Å². The fraction of sp³-hybridized carbons (Fsp3) is 0.682. The molecule has 2 N–H and O–H groups in total. The molecule has 29 heavy (non-hydrogen) atoms. The summed E-state index contributed by atoms with van der Waals surface area (Å²) in [6, 6.07) is 4.53. The predicted octanol–water partition coefficient (Wildman–Crippen LogP) is 2.76. The zero-order valence-electron chi connectivity index (χ0n) is 17.5. The van der Waals surface area contributed by atoms with E-state index in [4.69, 9.17) is 9.73 Å². The lowest BCUT2D eigenvalue weighted by molar-refractivity contribution is 0.0195. The van der Waals surface area contributed by atoms with Gasteiger partial charge in [0.15, 0.2) is 5.96 Å². The summed E-state index contributed by atoms with van der Waals surface area (Å²) in [5.41, 5.74) is 3.75. The van der Waals surface area contributed by atoms with Gasteiger partial charge in [-0.1, -0.05) is 6.07 Å². The first kappa shape index (κ1) is 22.6. The quantitative estimate of drug-likeness (QED) is 0.368. The second-order valence-corrected chi connectivity index (χ2v) is 8.12. The number of phenols is 1. The van der Waals surface area contributed by atoms with Crippen molar-refractivity contribution in [1.29, 1.82) is 0 Å². The summed E-state index contributed by atoms with van der Waals surface area (Å²) in [7, 11) is 0. The molecule has 0 bridgehead atoms. The lowest BCUT2D eigenvalue weighted by Gasteiger charge is -2.32. The summed E-state index contributed by atoms with van der Waals surface area (Å²) in [4.78, 5) is 9.89. The number of hydrogen-bond acceptors (Lipinski definition) is 4. The number of nitrogens with zero attached hydrogens (tertiary/aromatic N) is 3. The van der Waals surface area contributed by atoms with Crippen molar-refractivity contribution in [2.24, 2.45) is 4.99 Å². The Kier molecular flexibility index (Phi) is 8.44. The van der Waals surface area contributed by atoms with E-state index in [0.29, 0.717) is 18.3 Å². The Hall–Kier alpha value is -1.06. The first-order chi connectivity index (χ1) is 13.8. The molecule has 0 amide bonds. The molecule has 1 aromatic rings. The molecule has 2 fully saturated rings. The summed E-state index contributed by atoms with van der Waals surface area (Å²) in [5.74, 6) is 1.37. The van der Waals surface area contributed by atoms with Crippen LogP contribution >= 0.6 is 24.0 Å².